The smallest absolute Gasteiger partial charge is 0.870 e. The summed E-state index contributed by atoms with van der Waals surface area (Å²) in [5, 5.41) is 2.85. The van der Waals surface area contributed by atoms with E-state index in [0.29, 0.717) is 0 Å². The Morgan fingerprint density at radius 2 is 1.37 bits per heavy atom. The Hall–Kier alpha value is -1.21. The van der Waals surface area contributed by atoms with E-state index in [9.17, 15) is 4.79 Å². The van der Waals surface area contributed by atoms with Crippen LogP contribution < -0.4 is 40.6 Å². The molecule has 0 aliphatic carbocycles. The van der Waals surface area contributed by atoms with E-state index in [2.05, 4.69) is 36.5 Å². The molecule has 0 saturated carbocycles. The Morgan fingerprint density at radius 1 is 0.963 bits per heavy atom. The van der Waals surface area contributed by atoms with Gasteiger partial charge in [0.1, 0.15) is 6.61 Å². The van der Waals surface area contributed by atoms with E-state index < -0.39 is 0 Å². The molecule has 2 aromatic carbocycles. The molecule has 0 aromatic heterocycles. The number of ether oxygens (including phenoxy) is 1. The van der Waals surface area contributed by atoms with Crippen LogP contribution in [0.2, 0.25) is 0 Å². The summed E-state index contributed by atoms with van der Waals surface area (Å²) in [6, 6.07) is 16.6. The third-order valence-electron chi connectivity index (χ3n) is 3.83. The van der Waals surface area contributed by atoms with Gasteiger partial charge in [0.25, 0.3) is 0 Å². The number of nitrogens with two attached hydrogens (primary N) is 1. The molecule has 0 saturated heterocycles. The molecule has 0 radical (unpaired) electrons. The van der Waals surface area contributed by atoms with Crippen molar-refractivity contribution in [3.8, 4) is 0 Å². The molecule has 27 heavy (non-hydrogen) atoms. The molecule has 144 valence electrons. The fourth-order valence-corrected chi connectivity index (χ4v) is 2.22. The van der Waals surface area contributed by atoms with Gasteiger partial charge in [0.05, 0.1) is 6.04 Å². The topological polar surface area (TPSA) is 94.3 Å². The van der Waals surface area contributed by atoms with Crippen molar-refractivity contribution in [2.75, 3.05) is 13.7 Å². The zero-order chi connectivity index (χ0) is 18.8. The number of hydrogen-bond donors (Lipinski definition) is 2. The third kappa shape index (κ3) is 11.3. The first-order chi connectivity index (χ1) is 11.8. The molecule has 2 atom stereocenters. The van der Waals surface area contributed by atoms with Gasteiger partial charge in [-0.3, -0.25) is 4.79 Å². The maximum Gasteiger partial charge on any atom is 1.00 e. The average molecular weight is 382 g/mol. The minimum atomic E-state index is -0.0921. The molecule has 0 heterocycles. The van der Waals surface area contributed by atoms with Crippen LogP contribution in [-0.4, -0.2) is 25.1 Å². The monoisotopic (exact) mass is 382 g/mol. The largest absolute Gasteiger partial charge is 1.00 e. The van der Waals surface area contributed by atoms with Crippen LogP contribution in [0.15, 0.2) is 48.5 Å². The van der Waals surface area contributed by atoms with Crippen LogP contribution in [0.3, 0.4) is 0 Å². The summed E-state index contributed by atoms with van der Waals surface area (Å²) in [6.45, 7) is 8.17. The zero-order valence-electron chi connectivity index (χ0n) is 17.3. The molecular weight excluding hydrogens is 351 g/mol. The number of rotatable bonds is 5. The van der Waals surface area contributed by atoms with E-state index >= 15 is 0 Å². The van der Waals surface area contributed by atoms with Crippen molar-refractivity contribution < 1.29 is 44.6 Å². The van der Waals surface area contributed by atoms with E-state index in [0.717, 1.165) is 5.56 Å². The van der Waals surface area contributed by atoms with Gasteiger partial charge in [0, 0.05) is 13.2 Å². The van der Waals surface area contributed by atoms with Gasteiger partial charge in [0.2, 0.25) is 5.91 Å². The first kappa shape index (κ1) is 28.0. The van der Waals surface area contributed by atoms with E-state index in [1.165, 1.54) is 23.8 Å². The summed E-state index contributed by atoms with van der Waals surface area (Å²) in [5.74, 6) is -0.0921. The molecule has 4 N–H and O–H groups in total. The maximum atomic E-state index is 11.3. The molecule has 0 spiro atoms. The van der Waals surface area contributed by atoms with Crippen LogP contribution in [0.25, 0.3) is 0 Å². The minimum absolute atomic E-state index is 0. The zero-order valence-corrected chi connectivity index (χ0v) is 19.3. The summed E-state index contributed by atoms with van der Waals surface area (Å²) in [4.78, 5) is 11.3. The van der Waals surface area contributed by atoms with Gasteiger partial charge in [-0.2, -0.15) is 0 Å². The second kappa shape index (κ2) is 14.8. The molecule has 5 nitrogen and oxygen atoms in total. The predicted octanol–water partition coefficient (Wildman–Crippen LogP) is 0.661. The number of carbonyl (C=O) groups excluding carboxylic acids is 1. The van der Waals surface area contributed by atoms with Crippen molar-refractivity contribution in [3.63, 3.8) is 0 Å². The van der Waals surface area contributed by atoms with E-state index in [1.807, 2.05) is 45.0 Å². The van der Waals surface area contributed by atoms with Gasteiger partial charge in [-0.15, -0.1) is 0 Å². The number of methoxy groups -OCH3 is 1. The van der Waals surface area contributed by atoms with E-state index in [1.54, 1.807) is 0 Å². The fourth-order valence-electron chi connectivity index (χ4n) is 2.22. The fraction of sp³-hybridized carbons (Fsp3) is 0.381. The maximum absolute atomic E-state index is 11.3. The normalized spacial score (nSPS) is 11.6. The molecule has 1 amide bonds. The number of nitrogens with one attached hydrogen (secondary N) is 1. The van der Waals surface area contributed by atoms with Gasteiger partial charge >= 0.3 is 29.6 Å². The molecule has 2 aromatic rings. The molecule has 0 bridgehead atoms. The van der Waals surface area contributed by atoms with Gasteiger partial charge in [-0.1, -0.05) is 59.7 Å². The van der Waals surface area contributed by atoms with Crippen molar-refractivity contribution >= 4 is 5.91 Å². The van der Waals surface area contributed by atoms with Crippen molar-refractivity contribution in [2.24, 2.45) is 5.73 Å². The van der Waals surface area contributed by atoms with Crippen molar-refractivity contribution in [1.29, 1.82) is 0 Å². The minimum Gasteiger partial charge on any atom is -0.870 e. The first-order valence-electron chi connectivity index (χ1n) is 8.50. The van der Waals surface area contributed by atoms with Crippen molar-refractivity contribution in [2.45, 2.75) is 39.8 Å². The third-order valence-corrected chi connectivity index (χ3v) is 3.83. The summed E-state index contributed by atoms with van der Waals surface area (Å²) in [7, 11) is 1.51. The van der Waals surface area contributed by atoms with Crippen LogP contribution in [0, 0.1) is 13.8 Å². The number of aryl methyl sites for hydroxylation is 2. The van der Waals surface area contributed by atoms with Crippen molar-refractivity contribution in [1.82, 2.24) is 5.32 Å². The molecule has 0 fully saturated rings. The Balaban J connectivity index is 0. The molecule has 0 unspecified atom stereocenters. The van der Waals surface area contributed by atoms with Crippen LogP contribution in [-0.2, 0) is 9.53 Å². The number of carbonyl (C=O) groups is 1. The van der Waals surface area contributed by atoms with Crippen LogP contribution in [0.4, 0.5) is 0 Å². The number of amides is 1. The van der Waals surface area contributed by atoms with E-state index in [4.69, 9.17) is 10.5 Å². The summed E-state index contributed by atoms with van der Waals surface area (Å²) >= 11 is 0. The Bertz CT molecular complexity index is 643. The molecule has 2 rings (SSSR count). The summed E-state index contributed by atoms with van der Waals surface area (Å²) < 4.78 is 4.75. The van der Waals surface area contributed by atoms with Gasteiger partial charge in [-0.05, 0) is 38.8 Å². The molecule has 6 heteroatoms. The number of hydrogen-bond acceptors (Lipinski definition) is 4. The second-order valence-corrected chi connectivity index (χ2v) is 6.33. The van der Waals surface area contributed by atoms with Crippen LogP contribution >= 0.6 is 0 Å². The van der Waals surface area contributed by atoms with Gasteiger partial charge in [-0.25, -0.2) is 0 Å². The predicted molar refractivity (Wildman–Crippen MR) is 105 cm³/mol. The Kier molecular flexibility index (Phi) is 15.3. The molecular formula is C21H31N2NaO3. The quantitative estimate of drug-likeness (QED) is 0.743. The summed E-state index contributed by atoms with van der Waals surface area (Å²) in [5.41, 5.74) is 10.5. The SMILES string of the molecule is COCC(=O)N[C@H](C)c1ccc(C)cc1.Cc1ccc([C@@H](C)N)cc1.[Na+].[OH-]. The standard InChI is InChI=1S/C12H17NO2.C9H13N.Na.H2O/c1-9-4-6-11(7-5-9)10(2)13-12(14)8-15-3;1-7-3-5-9(6-4-7)8(2)10;;/h4-7,10H,8H2,1-3H3,(H,13,14);3-6,8H,10H2,1-2H3;;1H2/q;;+1;/p-1/t10-;8-;;/m11../s1. The first-order valence-corrected chi connectivity index (χ1v) is 8.50. The Labute approximate surface area is 185 Å². The number of benzene rings is 2. The van der Waals surface area contributed by atoms with Gasteiger partial charge in [0.15, 0.2) is 0 Å². The van der Waals surface area contributed by atoms with Crippen LogP contribution in [0.1, 0.15) is 48.2 Å². The molecule has 0 aliphatic heterocycles. The van der Waals surface area contributed by atoms with Crippen molar-refractivity contribution in [3.05, 3.63) is 70.8 Å². The van der Waals surface area contributed by atoms with Gasteiger partial charge < -0.3 is 21.3 Å². The van der Waals surface area contributed by atoms with Crippen LogP contribution in [0.5, 0.6) is 0 Å². The second-order valence-electron chi connectivity index (χ2n) is 6.33. The Morgan fingerprint density at radius 3 is 1.74 bits per heavy atom. The summed E-state index contributed by atoms with van der Waals surface area (Å²) in [6.07, 6.45) is 0. The molecule has 0 aliphatic rings. The van der Waals surface area contributed by atoms with E-state index in [-0.39, 0.29) is 59.6 Å². The average Bonchev–Trinajstić information content (AvgIpc) is 2.56.